The molecule has 0 bridgehead atoms. The molecule has 1 aromatic rings. The molecule has 1 saturated carbocycles. The predicted molar refractivity (Wildman–Crippen MR) is 115 cm³/mol. The van der Waals surface area contributed by atoms with Crippen LogP contribution >= 0.6 is 15.9 Å². The molecule has 0 heterocycles. The van der Waals surface area contributed by atoms with E-state index in [-0.39, 0.29) is 47.1 Å². The fourth-order valence-corrected chi connectivity index (χ4v) is 4.25. The molecular formula is C23H37BrCrFO-. The van der Waals surface area contributed by atoms with E-state index >= 15 is 0 Å². The second-order valence-corrected chi connectivity index (χ2v) is 8.13. The number of alkyl halides is 1. The second kappa shape index (κ2) is 14.8. The molecule has 1 aliphatic carbocycles. The van der Waals surface area contributed by atoms with Crippen LogP contribution < -0.4 is 0 Å². The molecule has 0 saturated heterocycles. The zero-order chi connectivity index (χ0) is 19.0. The maximum absolute atomic E-state index is 13.9. The van der Waals surface area contributed by atoms with Gasteiger partial charge in [-0.15, -0.1) is 0 Å². The molecule has 1 aromatic carbocycles. The van der Waals surface area contributed by atoms with Crippen molar-refractivity contribution >= 4 is 21.7 Å². The first kappa shape index (κ1) is 29.0. The third-order valence-electron chi connectivity index (χ3n) is 4.95. The Hall–Kier alpha value is -0.168. The molecule has 4 heteroatoms. The number of rotatable bonds is 7. The number of ketones is 1. The summed E-state index contributed by atoms with van der Waals surface area (Å²) in [4.78, 5) is 12.2. The number of hydrogen-bond acceptors (Lipinski definition) is 1. The Morgan fingerprint density at radius 3 is 2.19 bits per heavy atom. The number of halogens is 2. The van der Waals surface area contributed by atoms with Crippen molar-refractivity contribution in [3.63, 3.8) is 0 Å². The average Bonchev–Trinajstić information content (AvgIpc) is 2.51. The van der Waals surface area contributed by atoms with Crippen molar-refractivity contribution in [2.45, 2.75) is 90.3 Å². The molecule has 27 heavy (non-hydrogen) atoms. The maximum Gasteiger partial charge on any atom is 0.153 e. The van der Waals surface area contributed by atoms with Gasteiger partial charge in [0.05, 0.1) is 4.83 Å². The number of carbonyl (C=O) groups is 1. The summed E-state index contributed by atoms with van der Waals surface area (Å²) in [6.07, 6.45) is 7.54. The molecule has 0 aromatic heterocycles. The van der Waals surface area contributed by atoms with Gasteiger partial charge in [0.15, 0.2) is 5.78 Å². The van der Waals surface area contributed by atoms with Gasteiger partial charge in [0.25, 0.3) is 0 Å². The Labute approximate surface area is 186 Å². The van der Waals surface area contributed by atoms with Gasteiger partial charge in [-0.1, -0.05) is 62.9 Å². The molecule has 0 spiro atoms. The van der Waals surface area contributed by atoms with E-state index < -0.39 is 0 Å². The minimum atomic E-state index is -0.367. The van der Waals surface area contributed by atoms with Crippen molar-refractivity contribution in [1.82, 2.24) is 0 Å². The molecule has 1 fully saturated rings. The van der Waals surface area contributed by atoms with E-state index in [0.29, 0.717) is 5.92 Å². The van der Waals surface area contributed by atoms with E-state index in [1.54, 1.807) is 12.1 Å². The van der Waals surface area contributed by atoms with Gasteiger partial charge in [-0.3, -0.25) is 4.79 Å². The Balaban J connectivity index is 0. The van der Waals surface area contributed by atoms with Gasteiger partial charge in [0.1, 0.15) is 5.82 Å². The molecule has 0 radical (unpaired) electrons. The fourth-order valence-electron chi connectivity index (χ4n) is 3.50. The number of carbonyl (C=O) groups excluding carboxylic acids is 1. The van der Waals surface area contributed by atoms with E-state index in [1.807, 2.05) is 6.92 Å². The van der Waals surface area contributed by atoms with Gasteiger partial charge in [0.2, 0.25) is 0 Å². The Kier molecular flexibility index (Phi) is 15.9. The number of benzene rings is 1. The first-order valence-corrected chi connectivity index (χ1v) is 10.8. The van der Waals surface area contributed by atoms with Crippen LogP contribution in [0.25, 0.3) is 0 Å². The Morgan fingerprint density at radius 1 is 1.22 bits per heavy atom. The number of aryl methyl sites for hydroxylation is 1. The molecule has 1 nitrogen and oxygen atoms in total. The zero-order valence-electron chi connectivity index (χ0n) is 17.9. The van der Waals surface area contributed by atoms with Gasteiger partial charge < -0.3 is 7.43 Å². The standard InChI is InChI=1S/C19H26BrFO.C3H8.CH3.Cr/c1-4-7-13(5-2)17-12(3)10-15(21)11-16(17)18(20)19(22)14-8-6-9-14;1-3-2;;/h10-11,13-14,18H,4-9H2,1-3H3;3H2,1-2H3;1H3;/q;;-1;. The van der Waals surface area contributed by atoms with Crippen LogP contribution in [0.3, 0.4) is 0 Å². The van der Waals surface area contributed by atoms with Crippen LogP contribution in [0.15, 0.2) is 12.1 Å². The summed E-state index contributed by atoms with van der Waals surface area (Å²) in [5.74, 6) is 0.541. The quantitative estimate of drug-likeness (QED) is 0.285. The molecule has 2 rings (SSSR count). The molecule has 1 aliphatic rings. The summed E-state index contributed by atoms with van der Waals surface area (Å²) in [5.41, 5.74) is 3.01. The normalized spacial score (nSPS) is 15.2. The minimum Gasteiger partial charge on any atom is -0.358 e. The SMILES string of the molecule is CCC.CCCC(CC)c1c(C)cc(F)cc1C(Br)C(=O)C1CCC1.[CH3-].[Cr]. The summed E-state index contributed by atoms with van der Waals surface area (Å²) in [7, 11) is 0. The summed E-state index contributed by atoms with van der Waals surface area (Å²) in [6, 6.07) is 3.17. The van der Waals surface area contributed by atoms with Crippen molar-refractivity contribution in [1.29, 1.82) is 0 Å². The molecule has 2 unspecified atom stereocenters. The largest absolute Gasteiger partial charge is 0.358 e. The number of hydrogen-bond donors (Lipinski definition) is 0. The van der Waals surface area contributed by atoms with E-state index in [0.717, 1.165) is 49.7 Å². The van der Waals surface area contributed by atoms with Crippen LogP contribution in [0.4, 0.5) is 4.39 Å². The Bertz CT molecular complexity index is 558. The smallest absolute Gasteiger partial charge is 0.153 e. The van der Waals surface area contributed by atoms with Gasteiger partial charge in [-0.05, 0) is 67.3 Å². The third kappa shape index (κ3) is 8.00. The second-order valence-electron chi connectivity index (χ2n) is 7.22. The summed E-state index contributed by atoms with van der Waals surface area (Å²) >= 11 is 3.58. The summed E-state index contributed by atoms with van der Waals surface area (Å²) < 4.78 is 13.9. The average molecular weight is 480 g/mol. The maximum atomic E-state index is 13.9. The van der Waals surface area contributed by atoms with Crippen LogP contribution in [0.1, 0.15) is 100 Å². The van der Waals surface area contributed by atoms with Gasteiger partial charge in [-0.25, -0.2) is 4.39 Å². The Morgan fingerprint density at radius 2 is 1.78 bits per heavy atom. The molecule has 0 aliphatic heterocycles. The first-order chi connectivity index (χ1) is 11.9. The van der Waals surface area contributed by atoms with Crippen molar-refractivity contribution in [2.24, 2.45) is 5.92 Å². The summed E-state index contributed by atoms with van der Waals surface area (Å²) in [6.45, 7) is 10.6. The topological polar surface area (TPSA) is 17.1 Å². The zero-order valence-corrected chi connectivity index (χ0v) is 20.8. The fraction of sp³-hybridized carbons (Fsp3) is 0.652. The van der Waals surface area contributed by atoms with Crippen molar-refractivity contribution in [3.8, 4) is 0 Å². The number of Topliss-reactive ketones (excluding diaryl/α,β-unsaturated/α-hetero) is 1. The van der Waals surface area contributed by atoms with Crippen molar-refractivity contribution in [3.05, 3.63) is 42.1 Å². The first-order valence-electron chi connectivity index (χ1n) is 9.88. The molecule has 0 N–H and O–H groups in total. The van der Waals surface area contributed by atoms with Crippen LogP contribution in [-0.2, 0) is 22.2 Å². The third-order valence-corrected chi connectivity index (χ3v) is 5.90. The van der Waals surface area contributed by atoms with Crippen LogP contribution in [-0.4, -0.2) is 5.78 Å². The predicted octanol–water partition coefficient (Wildman–Crippen LogP) is 8.10. The monoisotopic (exact) mass is 479 g/mol. The molecular weight excluding hydrogens is 443 g/mol. The van der Waals surface area contributed by atoms with Gasteiger partial charge in [0, 0.05) is 23.3 Å². The minimum absolute atomic E-state index is 0. The van der Waals surface area contributed by atoms with E-state index in [1.165, 1.54) is 12.0 Å². The van der Waals surface area contributed by atoms with Gasteiger partial charge >= 0.3 is 0 Å². The summed E-state index contributed by atoms with van der Waals surface area (Å²) in [5, 5.41) is 0. The van der Waals surface area contributed by atoms with Crippen molar-refractivity contribution < 1.29 is 26.5 Å². The van der Waals surface area contributed by atoms with E-state index in [2.05, 4.69) is 43.6 Å². The molecule has 2 atom stereocenters. The van der Waals surface area contributed by atoms with Crippen LogP contribution in [0, 0.1) is 26.1 Å². The van der Waals surface area contributed by atoms with Crippen LogP contribution in [0.2, 0.25) is 0 Å². The molecule has 156 valence electrons. The van der Waals surface area contributed by atoms with E-state index in [4.69, 9.17) is 0 Å². The van der Waals surface area contributed by atoms with Crippen LogP contribution in [0.5, 0.6) is 0 Å². The van der Waals surface area contributed by atoms with Crippen molar-refractivity contribution in [2.75, 3.05) is 0 Å². The molecule has 0 amide bonds. The van der Waals surface area contributed by atoms with Gasteiger partial charge in [-0.2, -0.15) is 0 Å². The van der Waals surface area contributed by atoms with E-state index in [9.17, 15) is 9.18 Å².